The third-order valence-electron chi connectivity index (χ3n) is 3.50. The van der Waals surface area contributed by atoms with Crippen molar-refractivity contribution in [3.05, 3.63) is 40.3 Å². The summed E-state index contributed by atoms with van der Waals surface area (Å²) >= 11 is 3.41. The van der Waals surface area contributed by atoms with Crippen molar-refractivity contribution in [1.29, 1.82) is 0 Å². The van der Waals surface area contributed by atoms with Crippen LogP contribution in [0.1, 0.15) is 11.1 Å². The first-order valence-electron chi connectivity index (χ1n) is 7.23. The molecule has 1 aliphatic rings. The molecule has 0 aromatic carbocycles. The fraction of sp³-hybridized carbons (Fsp3) is 0.400. The predicted molar refractivity (Wildman–Crippen MR) is 89.1 cm³/mol. The molecular weight excluding hydrogens is 346 g/mol. The summed E-state index contributed by atoms with van der Waals surface area (Å²) in [5.74, 6) is 1.57. The highest BCUT2D eigenvalue weighted by molar-refractivity contribution is 9.10. The maximum Gasteiger partial charge on any atom is 0.224 e. The van der Waals surface area contributed by atoms with Gasteiger partial charge in [-0.15, -0.1) is 0 Å². The van der Waals surface area contributed by atoms with Gasteiger partial charge in [-0.1, -0.05) is 6.07 Å². The lowest BCUT2D eigenvalue weighted by molar-refractivity contribution is 0.122. The molecule has 6 nitrogen and oxygen atoms in total. The average Bonchev–Trinajstić information content (AvgIpc) is 2.57. The summed E-state index contributed by atoms with van der Waals surface area (Å²) in [6, 6.07) is 4.03. The first-order valence-corrected chi connectivity index (χ1v) is 8.02. The first-order chi connectivity index (χ1) is 10.7. The van der Waals surface area contributed by atoms with Gasteiger partial charge in [-0.05, 0) is 40.0 Å². The van der Waals surface area contributed by atoms with E-state index in [1.54, 1.807) is 6.20 Å². The summed E-state index contributed by atoms with van der Waals surface area (Å²) in [4.78, 5) is 15.4. The maximum atomic E-state index is 5.37. The summed E-state index contributed by atoms with van der Waals surface area (Å²) in [6.45, 7) is 5.90. The molecule has 1 N–H and O–H groups in total. The molecule has 1 saturated heterocycles. The van der Waals surface area contributed by atoms with Gasteiger partial charge >= 0.3 is 0 Å². The van der Waals surface area contributed by atoms with Crippen LogP contribution in [0.3, 0.4) is 0 Å². The molecule has 0 amide bonds. The van der Waals surface area contributed by atoms with E-state index in [2.05, 4.69) is 47.2 Å². The van der Waals surface area contributed by atoms with Crippen LogP contribution in [0.2, 0.25) is 0 Å². The van der Waals surface area contributed by atoms with E-state index in [0.29, 0.717) is 12.5 Å². The van der Waals surface area contributed by atoms with Crippen LogP contribution in [-0.2, 0) is 11.3 Å². The number of nitrogens with zero attached hydrogens (tertiary/aromatic N) is 4. The molecule has 2 aromatic rings. The number of morpholine rings is 1. The molecule has 1 aliphatic heterocycles. The van der Waals surface area contributed by atoms with Crippen molar-refractivity contribution in [3.63, 3.8) is 0 Å². The molecule has 1 fully saturated rings. The Kier molecular flexibility index (Phi) is 4.84. The highest BCUT2D eigenvalue weighted by Crippen LogP contribution is 2.16. The standard InChI is InChI=1S/C15H18BrN5O/c1-11-8-12(9-18-14(11)16)10-19-15-17-3-2-13(20-15)21-4-6-22-7-5-21/h2-3,8-9H,4-7,10H2,1H3,(H,17,19,20). The zero-order valence-electron chi connectivity index (χ0n) is 12.4. The maximum absolute atomic E-state index is 5.37. The largest absolute Gasteiger partial charge is 0.378 e. The second-order valence-corrected chi connectivity index (χ2v) is 5.89. The van der Waals surface area contributed by atoms with Crippen LogP contribution in [0.15, 0.2) is 29.1 Å². The van der Waals surface area contributed by atoms with Crippen LogP contribution in [-0.4, -0.2) is 41.3 Å². The number of aromatic nitrogens is 3. The summed E-state index contributed by atoms with van der Waals surface area (Å²) < 4.78 is 6.24. The Bertz CT molecular complexity index is 646. The lowest BCUT2D eigenvalue weighted by atomic mass is 10.2. The quantitative estimate of drug-likeness (QED) is 0.841. The fourth-order valence-corrected chi connectivity index (χ4v) is 2.51. The van der Waals surface area contributed by atoms with Gasteiger partial charge in [-0.25, -0.2) is 9.97 Å². The van der Waals surface area contributed by atoms with Crippen molar-refractivity contribution in [2.45, 2.75) is 13.5 Å². The van der Waals surface area contributed by atoms with Crippen molar-refractivity contribution < 1.29 is 4.74 Å². The van der Waals surface area contributed by atoms with Gasteiger partial charge in [0.25, 0.3) is 0 Å². The van der Waals surface area contributed by atoms with E-state index in [4.69, 9.17) is 4.74 Å². The molecule has 0 aliphatic carbocycles. The number of hydrogen-bond acceptors (Lipinski definition) is 6. The van der Waals surface area contributed by atoms with E-state index in [1.165, 1.54) is 0 Å². The van der Waals surface area contributed by atoms with Crippen LogP contribution in [0.25, 0.3) is 0 Å². The molecule has 3 heterocycles. The van der Waals surface area contributed by atoms with Crippen LogP contribution >= 0.6 is 15.9 Å². The minimum atomic E-state index is 0.629. The first kappa shape index (κ1) is 15.2. The van der Waals surface area contributed by atoms with Crippen LogP contribution < -0.4 is 10.2 Å². The Balaban J connectivity index is 1.66. The lowest BCUT2D eigenvalue weighted by Crippen LogP contribution is -2.36. The minimum absolute atomic E-state index is 0.629. The minimum Gasteiger partial charge on any atom is -0.378 e. The van der Waals surface area contributed by atoms with Crippen molar-refractivity contribution >= 4 is 27.7 Å². The van der Waals surface area contributed by atoms with Crippen molar-refractivity contribution in [2.75, 3.05) is 36.5 Å². The molecular formula is C15H18BrN5O. The van der Waals surface area contributed by atoms with Gasteiger partial charge in [0.05, 0.1) is 13.2 Å². The van der Waals surface area contributed by atoms with E-state index < -0.39 is 0 Å². The Morgan fingerprint density at radius 3 is 2.91 bits per heavy atom. The summed E-state index contributed by atoms with van der Waals surface area (Å²) in [5.41, 5.74) is 2.21. The molecule has 0 bridgehead atoms. The third-order valence-corrected chi connectivity index (χ3v) is 4.33. The zero-order chi connectivity index (χ0) is 15.4. The highest BCUT2D eigenvalue weighted by atomic mass is 79.9. The fourth-order valence-electron chi connectivity index (χ4n) is 2.30. The van der Waals surface area contributed by atoms with Crippen molar-refractivity contribution in [3.8, 4) is 0 Å². The number of ether oxygens (including phenoxy) is 1. The Morgan fingerprint density at radius 1 is 1.32 bits per heavy atom. The monoisotopic (exact) mass is 363 g/mol. The lowest BCUT2D eigenvalue weighted by Gasteiger charge is -2.27. The van der Waals surface area contributed by atoms with E-state index in [1.807, 2.05) is 19.2 Å². The number of anilines is 2. The van der Waals surface area contributed by atoms with E-state index >= 15 is 0 Å². The Hall–Kier alpha value is -1.73. The molecule has 0 saturated carbocycles. The van der Waals surface area contributed by atoms with Crippen molar-refractivity contribution in [1.82, 2.24) is 15.0 Å². The Morgan fingerprint density at radius 2 is 2.14 bits per heavy atom. The predicted octanol–water partition coefficient (Wildman–Crippen LogP) is 2.39. The molecule has 0 spiro atoms. The second kappa shape index (κ2) is 7.02. The number of aryl methyl sites for hydroxylation is 1. The number of rotatable bonds is 4. The second-order valence-electron chi connectivity index (χ2n) is 5.14. The molecule has 22 heavy (non-hydrogen) atoms. The summed E-state index contributed by atoms with van der Waals surface area (Å²) in [5, 5.41) is 3.25. The smallest absolute Gasteiger partial charge is 0.224 e. The molecule has 2 aromatic heterocycles. The topological polar surface area (TPSA) is 63.2 Å². The van der Waals surface area contributed by atoms with Gasteiger partial charge in [0.2, 0.25) is 5.95 Å². The number of nitrogens with one attached hydrogen (secondary N) is 1. The van der Waals surface area contributed by atoms with Crippen LogP contribution in [0.5, 0.6) is 0 Å². The van der Waals surface area contributed by atoms with Gasteiger partial charge in [0.1, 0.15) is 10.4 Å². The van der Waals surface area contributed by atoms with Crippen molar-refractivity contribution in [2.24, 2.45) is 0 Å². The zero-order valence-corrected chi connectivity index (χ0v) is 14.0. The van der Waals surface area contributed by atoms with Crippen LogP contribution in [0, 0.1) is 6.92 Å². The third kappa shape index (κ3) is 3.72. The molecule has 0 unspecified atom stereocenters. The van der Waals surface area contributed by atoms with Gasteiger partial charge in [-0.3, -0.25) is 0 Å². The van der Waals surface area contributed by atoms with Gasteiger partial charge in [0.15, 0.2) is 0 Å². The van der Waals surface area contributed by atoms with Gasteiger partial charge < -0.3 is 15.0 Å². The molecule has 3 rings (SSSR count). The molecule has 116 valence electrons. The molecule has 0 radical (unpaired) electrons. The summed E-state index contributed by atoms with van der Waals surface area (Å²) in [7, 11) is 0. The number of halogens is 1. The Labute approximate surface area is 138 Å². The molecule has 7 heteroatoms. The molecule has 0 atom stereocenters. The number of pyridine rings is 1. The van der Waals surface area contributed by atoms with Gasteiger partial charge in [-0.2, -0.15) is 4.98 Å². The van der Waals surface area contributed by atoms with E-state index in [0.717, 1.165) is 47.9 Å². The van der Waals surface area contributed by atoms with E-state index in [9.17, 15) is 0 Å². The summed E-state index contributed by atoms with van der Waals surface area (Å²) in [6.07, 6.45) is 3.63. The normalized spacial score (nSPS) is 14.9. The van der Waals surface area contributed by atoms with Crippen LogP contribution in [0.4, 0.5) is 11.8 Å². The van der Waals surface area contributed by atoms with E-state index in [-0.39, 0.29) is 0 Å². The highest BCUT2D eigenvalue weighted by Gasteiger charge is 2.12. The number of hydrogen-bond donors (Lipinski definition) is 1. The average molecular weight is 364 g/mol. The van der Waals surface area contributed by atoms with Gasteiger partial charge in [0, 0.05) is 32.0 Å². The SMILES string of the molecule is Cc1cc(CNc2nccc(N3CCOCC3)n2)cnc1Br.